The standard InChI is InChI=1S/C16H23N3O4S/c20-16(18-10-12-8-17-9-12)13-3-5-15(6-4-13)24(21,22)19-11-14-2-1-7-23-14/h3-6,12,14,17,19H,1-2,7-11H2,(H,18,20). The SMILES string of the molecule is O=C(NCC1CNC1)c1ccc(S(=O)(=O)NCC2CCCO2)cc1. The molecule has 3 rings (SSSR count). The maximum atomic E-state index is 12.3. The second-order valence-electron chi connectivity index (χ2n) is 6.25. The molecule has 0 spiro atoms. The monoisotopic (exact) mass is 353 g/mol. The molecule has 2 aliphatic heterocycles. The zero-order valence-corrected chi connectivity index (χ0v) is 14.3. The molecule has 3 N–H and O–H groups in total. The average molecular weight is 353 g/mol. The Morgan fingerprint density at radius 2 is 1.96 bits per heavy atom. The molecule has 24 heavy (non-hydrogen) atoms. The van der Waals surface area contributed by atoms with E-state index in [1.807, 2.05) is 0 Å². The number of hydrogen-bond donors (Lipinski definition) is 3. The van der Waals surface area contributed by atoms with Crippen LogP contribution in [0.4, 0.5) is 0 Å². The van der Waals surface area contributed by atoms with Crippen LogP contribution in [0, 0.1) is 5.92 Å². The van der Waals surface area contributed by atoms with Gasteiger partial charge < -0.3 is 15.4 Å². The van der Waals surface area contributed by atoms with Crippen LogP contribution in [0.5, 0.6) is 0 Å². The van der Waals surface area contributed by atoms with Crippen LogP contribution in [-0.4, -0.2) is 53.2 Å². The number of amides is 1. The summed E-state index contributed by atoms with van der Waals surface area (Å²) in [6, 6.07) is 5.99. The van der Waals surface area contributed by atoms with Gasteiger partial charge >= 0.3 is 0 Å². The maximum absolute atomic E-state index is 12.3. The summed E-state index contributed by atoms with van der Waals surface area (Å²) in [5.41, 5.74) is 0.459. The molecule has 1 atom stereocenters. The van der Waals surface area contributed by atoms with Crippen molar-refractivity contribution in [3.05, 3.63) is 29.8 Å². The van der Waals surface area contributed by atoms with E-state index in [-0.39, 0.29) is 23.5 Å². The largest absolute Gasteiger partial charge is 0.377 e. The van der Waals surface area contributed by atoms with Crippen molar-refractivity contribution < 1.29 is 17.9 Å². The van der Waals surface area contributed by atoms with Crippen LogP contribution in [0.25, 0.3) is 0 Å². The van der Waals surface area contributed by atoms with Gasteiger partial charge in [-0.05, 0) is 37.1 Å². The molecule has 1 aromatic carbocycles. The van der Waals surface area contributed by atoms with Crippen LogP contribution in [0.2, 0.25) is 0 Å². The van der Waals surface area contributed by atoms with Crippen molar-refractivity contribution in [2.45, 2.75) is 23.8 Å². The molecule has 2 saturated heterocycles. The van der Waals surface area contributed by atoms with Crippen molar-refractivity contribution in [3.63, 3.8) is 0 Å². The molecule has 1 aromatic rings. The summed E-state index contributed by atoms with van der Waals surface area (Å²) in [6.07, 6.45) is 1.79. The van der Waals surface area contributed by atoms with Crippen LogP contribution < -0.4 is 15.4 Å². The highest BCUT2D eigenvalue weighted by Crippen LogP contribution is 2.14. The quantitative estimate of drug-likeness (QED) is 0.646. The first-order valence-corrected chi connectivity index (χ1v) is 9.73. The minimum absolute atomic E-state index is 0.0502. The molecular weight excluding hydrogens is 330 g/mol. The molecule has 2 fully saturated rings. The predicted molar refractivity (Wildman–Crippen MR) is 89.3 cm³/mol. The fourth-order valence-electron chi connectivity index (χ4n) is 2.71. The van der Waals surface area contributed by atoms with Gasteiger partial charge in [0.2, 0.25) is 10.0 Å². The smallest absolute Gasteiger partial charge is 0.251 e. The number of rotatable bonds is 7. The highest BCUT2D eigenvalue weighted by Gasteiger charge is 2.21. The Bertz CT molecular complexity index is 665. The second kappa shape index (κ2) is 7.60. The number of carbonyl (C=O) groups is 1. The van der Waals surface area contributed by atoms with Gasteiger partial charge in [0.15, 0.2) is 0 Å². The summed E-state index contributed by atoms with van der Waals surface area (Å²) < 4.78 is 32.5. The van der Waals surface area contributed by atoms with Crippen LogP contribution >= 0.6 is 0 Å². The van der Waals surface area contributed by atoms with Gasteiger partial charge in [0.05, 0.1) is 11.0 Å². The van der Waals surface area contributed by atoms with Gasteiger partial charge in [0.1, 0.15) is 0 Å². The molecule has 8 heteroatoms. The van der Waals surface area contributed by atoms with E-state index in [0.29, 0.717) is 24.6 Å². The summed E-state index contributed by atoms with van der Waals surface area (Å²) in [5.74, 6) is 0.300. The van der Waals surface area contributed by atoms with Gasteiger partial charge in [0.25, 0.3) is 5.91 Å². The fourth-order valence-corrected chi connectivity index (χ4v) is 3.78. The number of nitrogens with one attached hydrogen (secondary N) is 3. The van der Waals surface area contributed by atoms with E-state index in [0.717, 1.165) is 25.9 Å². The van der Waals surface area contributed by atoms with E-state index in [1.54, 1.807) is 0 Å². The molecule has 0 aliphatic carbocycles. The minimum atomic E-state index is -3.58. The molecule has 1 amide bonds. The number of sulfonamides is 1. The molecule has 7 nitrogen and oxygen atoms in total. The fraction of sp³-hybridized carbons (Fsp3) is 0.562. The lowest BCUT2D eigenvalue weighted by Crippen LogP contribution is -2.48. The Morgan fingerprint density at radius 1 is 1.21 bits per heavy atom. The third-order valence-corrected chi connectivity index (χ3v) is 5.81. The average Bonchev–Trinajstić information content (AvgIpc) is 3.05. The van der Waals surface area contributed by atoms with Crippen molar-refractivity contribution >= 4 is 15.9 Å². The van der Waals surface area contributed by atoms with Crippen molar-refractivity contribution in [3.8, 4) is 0 Å². The topological polar surface area (TPSA) is 96.5 Å². The third-order valence-electron chi connectivity index (χ3n) is 4.37. The first kappa shape index (κ1) is 17.3. The van der Waals surface area contributed by atoms with Crippen LogP contribution in [0.1, 0.15) is 23.2 Å². The Labute approximate surface area is 142 Å². The van der Waals surface area contributed by atoms with Gasteiger partial charge in [-0.2, -0.15) is 0 Å². The lowest BCUT2D eigenvalue weighted by molar-refractivity contribution is 0.0942. The molecule has 1 unspecified atom stereocenters. The summed E-state index contributed by atoms with van der Waals surface area (Å²) in [4.78, 5) is 12.2. The van der Waals surface area contributed by atoms with Gasteiger partial charge in [0, 0.05) is 44.3 Å². The zero-order valence-electron chi connectivity index (χ0n) is 13.5. The van der Waals surface area contributed by atoms with E-state index >= 15 is 0 Å². The van der Waals surface area contributed by atoms with Crippen molar-refractivity contribution in [1.29, 1.82) is 0 Å². The Morgan fingerprint density at radius 3 is 2.54 bits per heavy atom. The number of hydrogen-bond acceptors (Lipinski definition) is 5. The van der Waals surface area contributed by atoms with E-state index in [9.17, 15) is 13.2 Å². The van der Waals surface area contributed by atoms with Crippen LogP contribution in [0.3, 0.4) is 0 Å². The van der Waals surface area contributed by atoms with Crippen molar-refractivity contribution in [1.82, 2.24) is 15.4 Å². The van der Waals surface area contributed by atoms with Crippen molar-refractivity contribution in [2.75, 3.05) is 32.8 Å². The molecule has 132 valence electrons. The zero-order chi connectivity index (χ0) is 17.0. The van der Waals surface area contributed by atoms with E-state index in [2.05, 4.69) is 15.4 Å². The predicted octanol–water partition coefficient (Wildman–Crippen LogP) is 0.0931. The van der Waals surface area contributed by atoms with E-state index in [4.69, 9.17) is 4.74 Å². The highest BCUT2D eigenvalue weighted by molar-refractivity contribution is 7.89. The number of benzene rings is 1. The molecule has 0 radical (unpaired) electrons. The van der Waals surface area contributed by atoms with Gasteiger partial charge in [-0.3, -0.25) is 4.79 Å². The second-order valence-corrected chi connectivity index (χ2v) is 8.01. The molecule has 0 bridgehead atoms. The van der Waals surface area contributed by atoms with E-state index < -0.39 is 10.0 Å². The summed E-state index contributed by atoms with van der Waals surface area (Å²) >= 11 is 0. The lowest BCUT2D eigenvalue weighted by Gasteiger charge is -2.27. The van der Waals surface area contributed by atoms with Crippen molar-refractivity contribution in [2.24, 2.45) is 5.92 Å². The van der Waals surface area contributed by atoms with Gasteiger partial charge in [-0.1, -0.05) is 0 Å². The highest BCUT2D eigenvalue weighted by atomic mass is 32.2. The van der Waals surface area contributed by atoms with E-state index in [1.165, 1.54) is 24.3 Å². The minimum Gasteiger partial charge on any atom is -0.377 e. The summed E-state index contributed by atoms with van der Waals surface area (Å²) in [6.45, 7) is 3.45. The molecular formula is C16H23N3O4S. The Hall–Kier alpha value is -1.48. The van der Waals surface area contributed by atoms with Crippen LogP contribution in [0.15, 0.2) is 29.2 Å². The summed E-state index contributed by atoms with van der Waals surface area (Å²) in [5, 5.41) is 6.01. The van der Waals surface area contributed by atoms with Gasteiger partial charge in [-0.15, -0.1) is 0 Å². The lowest BCUT2D eigenvalue weighted by atomic mass is 10.0. The molecule has 2 heterocycles. The summed E-state index contributed by atoms with van der Waals surface area (Å²) in [7, 11) is -3.58. The Balaban J connectivity index is 1.54. The maximum Gasteiger partial charge on any atom is 0.251 e. The first-order valence-electron chi connectivity index (χ1n) is 8.25. The molecule has 0 saturated carbocycles. The van der Waals surface area contributed by atoms with Crippen LogP contribution in [-0.2, 0) is 14.8 Å². The third kappa shape index (κ3) is 4.32. The van der Waals surface area contributed by atoms with Gasteiger partial charge in [-0.25, -0.2) is 13.1 Å². The molecule has 0 aromatic heterocycles. The Kier molecular flexibility index (Phi) is 5.50. The number of carbonyl (C=O) groups excluding carboxylic acids is 1. The first-order chi connectivity index (χ1) is 11.5. The normalized spacial score (nSPS) is 21.4. The molecule has 2 aliphatic rings. The number of ether oxygens (including phenoxy) is 1.